The molecule has 1 aliphatic rings. The van der Waals surface area contributed by atoms with Crippen LogP contribution in [0.25, 0.3) is 0 Å². The van der Waals surface area contributed by atoms with Gasteiger partial charge in [-0.1, -0.05) is 32.0 Å². The second-order valence-electron chi connectivity index (χ2n) is 6.29. The highest BCUT2D eigenvalue weighted by atomic mass is 16.1. The predicted octanol–water partition coefficient (Wildman–Crippen LogP) is 3.04. The first kappa shape index (κ1) is 17.4. The molecule has 0 spiro atoms. The molecule has 1 aromatic heterocycles. The summed E-state index contributed by atoms with van der Waals surface area (Å²) < 4.78 is 0. The van der Waals surface area contributed by atoms with Gasteiger partial charge in [0.2, 0.25) is 0 Å². The maximum Gasteiger partial charge on any atom is 0.274 e. The summed E-state index contributed by atoms with van der Waals surface area (Å²) in [6.07, 6.45) is 2.69. The molecule has 0 unspecified atom stereocenters. The summed E-state index contributed by atoms with van der Waals surface area (Å²) in [6.45, 7) is 9.54. The van der Waals surface area contributed by atoms with Crippen LogP contribution in [0.5, 0.6) is 0 Å². The van der Waals surface area contributed by atoms with Crippen LogP contribution in [0, 0.1) is 0 Å². The molecular weight excluding hydrogens is 312 g/mol. The molecule has 5 heteroatoms. The van der Waals surface area contributed by atoms with E-state index in [0.717, 1.165) is 56.1 Å². The lowest BCUT2D eigenvalue weighted by Crippen LogP contribution is -2.46. The molecule has 2 aromatic rings. The highest BCUT2D eigenvalue weighted by molar-refractivity contribution is 6.03. The molecule has 0 radical (unpaired) electrons. The van der Waals surface area contributed by atoms with Crippen LogP contribution in [-0.2, 0) is 6.42 Å². The van der Waals surface area contributed by atoms with E-state index in [1.807, 2.05) is 42.6 Å². The highest BCUT2D eigenvalue weighted by Crippen LogP contribution is 2.18. The zero-order chi connectivity index (χ0) is 17.6. The van der Waals surface area contributed by atoms with Crippen LogP contribution < -0.4 is 10.2 Å². The molecule has 1 aliphatic heterocycles. The van der Waals surface area contributed by atoms with Crippen molar-refractivity contribution in [3.8, 4) is 0 Å². The zero-order valence-corrected chi connectivity index (χ0v) is 15.0. The van der Waals surface area contributed by atoms with Crippen LogP contribution in [0.3, 0.4) is 0 Å². The summed E-state index contributed by atoms with van der Waals surface area (Å²) in [6, 6.07) is 11.7. The van der Waals surface area contributed by atoms with Gasteiger partial charge >= 0.3 is 0 Å². The number of para-hydroxylation sites is 1. The number of aromatic nitrogens is 1. The average molecular weight is 338 g/mol. The van der Waals surface area contributed by atoms with Crippen molar-refractivity contribution in [1.29, 1.82) is 0 Å². The number of nitrogens with one attached hydrogen (secondary N) is 1. The molecule has 1 saturated heterocycles. The van der Waals surface area contributed by atoms with Crippen molar-refractivity contribution in [3.63, 3.8) is 0 Å². The van der Waals surface area contributed by atoms with Gasteiger partial charge in [0.1, 0.15) is 5.69 Å². The fraction of sp³-hybridized carbons (Fsp3) is 0.400. The van der Waals surface area contributed by atoms with Crippen LogP contribution in [-0.4, -0.2) is 48.5 Å². The van der Waals surface area contributed by atoms with Crippen LogP contribution in [0.4, 0.5) is 11.4 Å². The molecule has 0 bridgehead atoms. The minimum Gasteiger partial charge on any atom is -0.368 e. The van der Waals surface area contributed by atoms with Gasteiger partial charge in [-0.3, -0.25) is 4.79 Å². The van der Waals surface area contributed by atoms with E-state index in [-0.39, 0.29) is 5.91 Å². The summed E-state index contributed by atoms with van der Waals surface area (Å²) in [5.74, 6) is -0.164. The number of aryl methyl sites for hydroxylation is 1. The minimum absolute atomic E-state index is 0.164. The Balaban J connectivity index is 1.65. The number of anilines is 2. The maximum atomic E-state index is 12.5. The Bertz CT molecular complexity index is 706. The monoisotopic (exact) mass is 338 g/mol. The van der Waals surface area contributed by atoms with Gasteiger partial charge in [-0.15, -0.1) is 0 Å². The van der Waals surface area contributed by atoms with Crippen LogP contribution >= 0.6 is 0 Å². The van der Waals surface area contributed by atoms with Crippen LogP contribution in [0.1, 0.15) is 29.9 Å². The van der Waals surface area contributed by atoms with E-state index in [4.69, 9.17) is 0 Å². The van der Waals surface area contributed by atoms with Gasteiger partial charge in [0.25, 0.3) is 5.91 Å². The lowest BCUT2D eigenvalue weighted by molar-refractivity contribution is 0.102. The summed E-state index contributed by atoms with van der Waals surface area (Å²) in [4.78, 5) is 21.6. The zero-order valence-electron chi connectivity index (χ0n) is 15.0. The first-order valence-corrected chi connectivity index (χ1v) is 9.04. The van der Waals surface area contributed by atoms with Crippen molar-refractivity contribution in [1.82, 2.24) is 9.88 Å². The number of nitrogens with zero attached hydrogens (tertiary/aromatic N) is 3. The van der Waals surface area contributed by atoms with Crippen molar-refractivity contribution in [2.75, 3.05) is 42.9 Å². The Labute approximate surface area is 149 Å². The number of rotatable bonds is 5. The molecule has 25 heavy (non-hydrogen) atoms. The van der Waals surface area contributed by atoms with Gasteiger partial charge in [-0.2, -0.15) is 0 Å². The topological polar surface area (TPSA) is 48.5 Å². The number of pyridine rings is 1. The SMILES string of the molecule is CCc1ccccc1NC(=O)c1ccc(N2CCN(CC)CC2)cn1. The number of hydrogen-bond acceptors (Lipinski definition) is 4. The molecule has 5 nitrogen and oxygen atoms in total. The first-order chi connectivity index (χ1) is 12.2. The van der Waals surface area contributed by atoms with Crippen molar-refractivity contribution < 1.29 is 4.79 Å². The Morgan fingerprint density at radius 1 is 1.08 bits per heavy atom. The Hall–Kier alpha value is -2.40. The number of benzene rings is 1. The minimum atomic E-state index is -0.164. The average Bonchev–Trinajstić information content (AvgIpc) is 2.68. The normalized spacial score (nSPS) is 15.2. The van der Waals surface area contributed by atoms with E-state index in [1.165, 1.54) is 0 Å². The van der Waals surface area contributed by atoms with E-state index >= 15 is 0 Å². The molecule has 0 saturated carbocycles. The molecule has 132 valence electrons. The lowest BCUT2D eigenvalue weighted by Gasteiger charge is -2.35. The molecule has 1 N–H and O–H groups in total. The van der Waals surface area contributed by atoms with Crippen LogP contribution in [0.15, 0.2) is 42.6 Å². The Morgan fingerprint density at radius 2 is 1.84 bits per heavy atom. The standard InChI is InChI=1S/C20H26N4O/c1-3-16-7-5-6-8-18(16)22-20(25)19-10-9-17(15-21-19)24-13-11-23(4-2)12-14-24/h5-10,15H,3-4,11-14H2,1-2H3,(H,22,25). The molecule has 2 heterocycles. The van der Waals surface area contributed by atoms with Gasteiger partial charge < -0.3 is 15.1 Å². The largest absolute Gasteiger partial charge is 0.368 e. The third kappa shape index (κ3) is 4.17. The molecule has 0 aliphatic carbocycles. The van der Waals surface area contributed by atoms with Crippen molar-refractivity contribution in [2.24, 2.45) is 0 Å². The quantitative estimate of drug-likeness (QED) is 0.910. The number of hydrogen-bond donors (Lipinski definition) is 1. The molecule has 1 aromatic carbocycles. The second kappa shape index (κ2) is 8.12. The molecule has 1 fully saturated rings. The smallest absolute Gasteiger partial charge is 0.274 e. The second-order valence-corrected chi connectivity index (χ2v) is 6.29. The number of carbonyl (C=O) groups is 1. The summed E-state index contributed by atoms with van der Waals surface area (Å²) >= 11 is 0. The van der Waals surface area contributed by atoms with Crippen molar-refractivity contribution >= 4 is 17.3 Å². The molecule has 1 amide bonds. The Kier molecular flexibility index (Phi) is 5.66. The van der Waals surface area contributed by atoms with E-state index in [9.17, 15) is 4.79 Å². The van der Waals surface area contributed by atoms with Gasteiger partial charge in [-0.25, -0.2) is 4.98 Å². The van der Waals surface area contributed by atoms with E-state index in [0.29, 0.717) is 5.69 Å². The molecular formula is C20H26N4O. The maximum absolute atomic E-state index is 12.5. The number of carbonyl (C=O) groups excluding carboxylic acids is 1. The highest BCUT2D eigenvalue weighted by Gasteiger charge is 2.17. The number of likely N-dealkylation sites (N-methyl/N-ethyl adjacent to an activating group) is 1. The molecule has 0 atom stereocenters. The number of piperazine rings is 1. The van der Waals surface area contributed by atoms with Crippen molar-refractivity contribution in [3.05, 3.63) is 53.9 Å². The Morgan fingerprint density at radius 3 is 2.48 bits per heavy atom. The van der Waals surface area contributed by atoms with Gasteiger partial charge in [0.15, 0.2) is 0 Å². The van der Waals surface area contributed by atoms with Crippen molar-refractivity contribution in [2.45, 2.75) is 20.3 Å². The third-order valence-electron chi connectivity index (χ3n) is 4.81. The van der Waals surface area contributed by atoms with E-state index < -0.39 is 0 Å². The van der Waals surface area contributed by atoms with Crippen LogP contribution in [0.2, 0.25) is 0 Å². The van der Waals surface area contributed by atoms with Gasteiger partial charge in [0, 0.05) is 31.9 Å². The van der Waals surface area contributed by atoms with E-state index in [2.05, 4.69) is 33.9 Å². The first-order valence-electron chi connectivity index (χ1n) is 9.04. The van der Waals surface area contributed by atoms with Gasteiger partial charge in [-0.05, 0) is 36.7 Å². The lowest BCUT2D eigenvalue weighted by atomic mass is 10.1. The third-order valence-corrected chi connectivity index (χ3v) is 4.81. The fourth-order valence-electron chi connectivity index (χ4n) is 3.17. The molecule has 3 rings (SSSR count). The summed E-state index contributed by atoms with van der Waals surface area (Å²) in [7, 11) is 0. The van der Waals surface area contributed by atoms with Gasteiger partial charge in [0.05, 0.1) is 11.9 Å². The predicted molar refractivity (Wildman–Crippen MR) is 102 cm³/mol. The summed E-state index contributed by atoms with van der Waals surface area (Å²) in [5, 5.41) is 2.97. The van der Waals surface area contributed by atoms with E-state index in [1.54, 1.807) is 0 Å². The number of amides is 1. The fourth-order valence-corrected chi connectivity index (χ4v) is 3.17. The summed E-state index contributed by atoms with van der Waals surface area (Å²) in [5.41, 5.74) is 3.51.